The van der Waals surface area contributed by atoms with Crippen LogP contribution in [0, 0.1) is 0 Å². The number of benzene rings is 1. The molecule has 8 heteroatoms. The number of hydrogen-bond donors (Lipinski definition) is 2. The van der Waals surface area contributed by atoms with Crippen LogP contribution >= 0.6 is 0 Å². The number of nitrogens with one attached hydrogen (secondary N) is 1. The monoisotopic (exact) mass is 427 g/mol. The Balaban J connectivity index is 1.55. The third kappa shape index (κ3) is 5.46. The van der Waals surface area contributed by atoms with Crippen LogP contribution in [0.25, 0.3) is 0 Å². The molecule has 0 bridgehead atoms. The Morgan fingerprint density at radius 3 is 2.57 bits per heavy atom. The van der Waals surface area contributed by atoms with Crippen molar-refractivity contribution >= 4 is 6.03 Å². The SMILES string of the molecule is CCNC(=O)N1CCCC(N)[C@@H]1COC1CCC(c2ccccc2C(F)(F)F)CC1. The molecule has 1 aromatic carbocycles. The lowest BCUT2D eigenvalue weighted by Gasteiger charge is -2.40. The number of carbonyl (C=O) groups is 1. The molecule has 30 heavy (non-hydrogen) atoms. The predicted molar refractivity (Wildman–Crippen MR) is 109 cm³/mol. The summed E-state index contributed by atoms with van der Waals surface area (Å²) in [6.07, 6.45) is 0.125. The molecular formula is C22H32F3N3O2. The van der Waals surface area contributed by atoms with Gasteiger partial charge < -0.3 is 20.7 Å². The quantitative estimate of drug-likeness (QED) is 0.738. The highest BCUT2D eigenvalue weighted by molar-refractivity contribution is 5.74. The summed E-state index contributed by atoms with van der Waals surface area (Å²) >= 11 is 0. The van der Waals surface area contributed by atoms with Gasteiger partial charge in [0.1, 0.15) is 0 Å². The summed E-state index contributed by atoms with van der Waals surface area (Å²) in [5.74, 6) is -0.105. The second-order valence-corrected chi connectivity index (χ2v) is 8.29. The Labute approximate surface area is 176 Å². The van der Waals surface area contributed by atoms with E-state index in [-0.39, 0.29) is 30.1 Å². The molecule has 2 atom stereocenters. The van der Waals surface area contributed by atoms with Crippen LogP contribution in [-0.4, -0.2) is 48.8 Å². The molecule has 5 nitrogen and oxygen atoms in total. The van der Waals surface area contributed by atoms with Crippen LogP contribution in [0.4, 0.5) is 18.0 Å². The molecule has 3 N–H and O–H groups in total. The fourth-order valence-electron chi connectivity index (χ4n) is 4.69. The van der Waals surface area contributed by atoms with E-state index in [0.29, 0.717) is 50.9 Å². The highest BCUT2D eigenvalue weighted by Gasteiger charge is 2.37. The fourth-order valence-corrected chi connectivity index (χ4v) is 4.69. The van der Waals surface area contributed by atoms with Crippen molar-refractivity contribution in [3.05, 3.63) is 35.4 Å². The van der Waals surface area contributed by atoms with Crippen molar-refractivity contribution in [2.24, 2.45) is 5.73 Å². The molecular weight excluding hydrogens is 395 g/mol. The minimum Gasteiger partial charge on any atom is -0.376 e. The van der Waals surface area contributed by atoms with Gasteiger partial charge in [0.2, 0.25) is 0 Å². The number of nitrogens with zero attached hydrogens (tertiary/aromatic N) is 1. The van der Waals surface area contributed by atoms with E-state index in [1.165, 1.54) is 12.1 Å². The van der Waals surface area contributed by atoms with Crippen molar-refractivity contribution in [1.29, 1.82) is 0 Å². The topological polar surface area (TPSA) is 67.6 Å². The second kappa shape index (κ2) is 10.0. The predicted octanol–water partition coefficient (Wildman–Crippen LogP) is 4.27. The first-order valence-corrected chi connectivity index (χ1v) is 10.9. The summed E-state index contributed by atoms with van der Waals surface area (Å²) in [4.78, 5) is 14.1. The highest BCUT2D eigenvalue weighted by atomic mass is 19.4. The average molecular weight is 428 g/mol. The molecule has 1 aromatic rings. The van der Waals surface area contributed by atoms with Crippen molar-refractivity contribution in [3.8, 4) is 0 Å². The fraction of sp³-hybridized carbons (Fsp3) is 0.682. The number of nitrogens with two attached hydrogens (primary N) is 1. The molecule has 2 amide bonds. The zero-order chi connectivity index (χ0) is 21.7. The lowest BCUT2D eigenvalue weighted by atomic mass is 9.81. The van der Waals surface area contributed by atoms with Crippen LogP contribution < -0.4 is 11.1 Å². The van der Waals surface area contributed by atoms with Crippen molar-refractivity contribution < 1.29 is 22.7 Å². The first-order chi connectivity index (χ1) is 14.3. The second-order valence-electron chi connectivity index (χ2n) is 8.29. The molecule has 1 saturated carbocycles. The number of amides is 2. The summed E-state index contributed by atoms with van der Waals surface area (Å²) in [6.45, 7) is 3.46. The van der Waals surface area contributed by atoms with Gasteiger partial charge >= 0.3 is 12.2 Å². The van der Waals surface area contributed by atoms with Crippen LogP contribution in [0.2, 0.25) is 0 Å². The summed E-state index contributed by atoms with van der Waals surface area (Å²) in [7, 11) is 0. The van der Waals surface area contributed by atoms with E-state index in [0.717, 1.165) is 12.8 Å². The molecule has 1 aliphatic heterocycles. The standard InChI is InChI=1S/C22H32F3N3O2/c1-2-27-21(29)28-13-5-8-19(26)20(28)14-30-16-11-9-15(10-12-16)17-6-3-4-7-18(17)22(23,24)25/h3-4,6-7,15-16,19-20H,2,5,8-14,26H2,1H3,(H,27,29)/t15?,16?,19?,20-/m0/s1. The third-order valence-corrected chi connectivity index (χ3v) is 6.30. The minimum atomic E-state index is -4.33. The minimum absolute atomic E-state index is 0.00971. The Hall–Kier alpha value is -1.80. The summed E-state index contributed by atoms with van der Waals surface area (Å²) in [5.41, 5.74) is 6.13. The van der Waals surface area contributed by atoms with Gasteiger partial charge in [0.25, 0.3) is 0 Å². The van der Waals surface area contributed by atoms with E-state index >= 15 is 0 Å². The van der Waals surface area contributed by atoms with Crippen LogP contribution in [-0.2, 0) is 10.9 Å². The summed E-state index contributed by atoms with van der Waals surface area (Å²) in [6, 6.07) is 5.46. The van der Waals surface area contributed by atoms with E-state index in [1.807, 2.05) is 6.92 Å². The Morgan fingerprint density at radius 2 is 1.90 bits per heavy atom. The summed E-state index contributed by atoms with van der Waals surface area (Å²) < 4.78 is 46.1. The number of halogens is 3. The smallest absolute Gasteiger partial charge is 0.376 e. The summed E-state index contributed by atoms with van der Waals surface area (Å²) in [5, 5.41) is 2.83. The van der Waals surface area contributed by atoms with E-state index in [1.54, 1.807) is 17.0 Å². The lowest BCUT2D eigenvalue weighted by Crippen LogP contribution is -2.58. The van der Waals surface area contributed by atoms with E-state index in [9.17, 15) is 18.0 Å². The van der Waals surface area contributed by atoms with Crippen molar-refractivity contribution in [2.75, 3.05) is 19.7 Å². The molecule has 3 rings (SSSR count). The molecule has 2 fully saturated rings. The Kier molecular flexibility index (Phi) is 7.63. The van der Waals surface area contributed by atoms with Crippen LogP contribution in [0.15, 0.2) is 24.3 Å². The number of carbonyl (C=O) groups excluding carboxylic acids is 1. The largest absolute Gasteiger partial charge is 0.416 e. The number of hydrogen-bond acceptors (Lipinski definition) is 3. The third-order valence-electron chi connectivity index (χ3n) is 6.30. The zero-order valence-corrected chi connectivity index (χ0v) is 17.5. The maximum absolute atomic E-state index is 13.3. The first-order valence-electron chi connectivity index (χ1n) is 10.9. The molecule has 1 saturated heterocycles. The van der Waals surface area contributed by atoms with Gasteiger partial charge in [0, 0.05) is 19.1 Å². The van der Waals surface area contributed by atoms with E-state index in [4.69, 9.17) is 10.5 Å². The maximum atomic E-state index is 13.3. The molecule has 0 spiro atoms. The molecule has 1 heterocycles. The van der Waals surface area contributed by atoms with Gasteiger partial charge in [-0.15, -0.1) is 0 Å². The number of ether oxygens (including phenoxy) is 1. The van der Waals surface area contributed by atoms with Gasteiger partial charge in [0.05, 0.1) is 24.3 Å². The van der Waals surface area contributed by atoms with Crippen molar-refractivity contribution in [2.45, 2.75) is 75.7 Å². The number of likely N-dealkylation sites (tertiary alicyclic amines) is 1. The Bertz CT molecular complexity index is 705. The van der Waals surface area contributed by atoms with E-state index in [2.05, 4.69) is 5.32 Å². The number of alkyl halides is 3. The van der Waals surface area contributed by atoms with Gasteiger partial charge in [-0.1, -0.05) is 18.2 Å². The highest BCUT2D eigenvalue weighted by Crippen LogP contribution is 2.41. The molecule has 1 aliphatic carbocycles. The van der Waals surface area contributed by atoms with Gasteiger partial charge in [-0.2, -0.15) is 13.2 Å². The molecule has 1 unspecified atom stereocenters. The van der Waals surface area contributed by atoms with Gasteiger partial charge in [-0.3, -0.25) is 0 Å². The average Bonchev–Trinajstić information content (AvgIpc) is 2.72. The maximum Gasteiger partial charge on any atom is 0.416 e. The first kappa shape index (κ1) is 22.9. The van der Waals surface area contributed by atoms with Crippen LogP contribution in [0.1, 0.15) is 62.5 Å². The van der Waals surface area contributed by atoms with Crippen LogP contribution in [0.5, 0.6) is 0 Å². The van der Waals surface area contributed by atoms with Gasteiger partial charge in [-0.25, -0.2) is 4.79 Å². The molecule has 0 radical (unpaired) electrons. The zero-order valence-electron chi connectivity index (χ0n) is 17.5. The van der Waals surface area contributed by atoms with Gasteiger partial charge in [0.15, 0.2) is 0 Å². The number of piperidine rings is 1. The van der Waals surface area contributed by atoms with Gasteiger partial charge in [-0.05, 0) is 63.0 Å². The number of rotatable bonds is 5. The van der Waals surface area contributed by atoms with Crippen molar-refractivity contribution in [3.63, 3.8) is 0 Å². The normalized spacial score (nSPS) is 27.7. The molecule has 2 aliphatic rings. The van der Waals surface area contributed by atoms with Crippen molar-refractivity contribution in [1.82, 2.24) is 10.2 Å². The number of urea groups is 1. The molecule has 0 aromatic heterocycles. The Morgan fingerprint density at radius 1 is 1.20 bits per heavy atom. The van der Waals surface area contributed by atoms with Crippen LogP contribution in [0.3, 0.4) is 0 Å². The lowest BCUT2D eigenvalue weighted by molar-refractivity contribution is -0.138. The molecule has 168 valence electrons. The van der Waals surface area contributed by atoms with E-state index < -0.39 is 11.7 Å².